The number of hydrogen-bond acceptors (Lipinski definition) is 4. The van der Waals surface area contributed by atoms with Gasteiger partial charge in [-0.25, -0.2) is 4.98 Å². The fourth-order valence-electron chi connectivity index (χ4n) is 1.66. The molecule has 0 spiro atoms. The number of ether oxygens (including phenoxy) is 1. The summed E-state index contributed by atoms with van der Waals surface area (Å²) in [6.07, 6.45) is 2.92. The van der Waals surface area contributed by atoms with Gasteiger partial charge in [0.25, 0.3) is 0 Å². The summed E-state index contributed by atoms with van der Waals surface area (Å²) >= 11 is 1.58. The molecule has 1 aliphatic rings. The van der Waals surface area contributed by atoms with Gasteiger partial charge in [-0.2, -0.15) is 0 Å². The summed E-state index contributed by atoms with van der Waals surface area (Å²) in [6.45, 7) is 2.62. The minimum absolute atomic E-state index is 0.248. The molecule has 4 heteroatoms. The van der Waals surface area contributed by atoms with E-state index in [2.05, 4.69) is 4.98 Å². The van der Waals surface area contributed by atoms with Gasteiger partial charge in [-0.15, -0.1) is 11.3 Å². The zero-order valence-corrected chi connectivity index (χ0v) is 8.38. The second-order valence-corrected chi connectivity index (χ2v) is 4.46. The van der Waals surface area contributed by atoms with E-state index in [1.165, 1.54) is 0 Å². The maximum Gasteiger partial charge on any atom is 0.124 e. The molecule has 1 aliphatic heterocycles. The molecule has 0 bridgehead atoms. The van der Waals surface area contributed by atoms with Crippen molar-refractivity contribution in [2.75, 3.05) is 6.61 Å². The lowest BCUT2D eigenvalue weighted by Gasteiger charge is -2.34. The van der Waals surface area contributed by atoms with Crippen molar-refractivity contribution in [2.45, 2.75) is 31.5 Å². The van der Waals surface area contributed by atoms with Crippen LogP contribution in [-0.4, -0.2) is 22.8 Å². The van der Waals surface area contributed by atoms with Crippen LogP contribution >= 0.6 is 11.3 Å². The average molecular weight is 199 g/mol. The molecule has 1 aromatic rings. The zero-order chi connectivity index (χ0) is 9.31. The van der Waals surface area contributed by atoms with Crippen LogP contribution in [0.15, 0.2) is 11.6 Å². The number of aliphatic hydroxyl groups is 1. The molecule has 13 heavy (non-hydrogen) atoms. The standard InChI is InChI=1S/C9H13NO2S/c1-9(8-10-3-5-13-8)6-7(11)2-4-12-9/h3,5,7,11H,2,4,6H2,1H3. The van der Waals surface area contributed by atoms with Crippen molar-refractivity contribution in [2.24, 2.45) is 0 Å². The third-order valence-corrected chi connectivity index (χ3v) is 3.40. The molecule has 0 aromatic carbocycles. The first kappa shape index (κ1) is 9.12. The van der Waals surface area contributed by atoms with Gasteiger partial charge in [0.05, 0.1) is 12.7 Å². The molecule has 0 amide bonds. The molecule has 1 N–H and O–H groups in total. The fraction of sp³-hybridized carbons (Fsp3) is 0.667. The zero-order valence-electron chi connectivity index (χ0n) is 7.56. The lowest BCUT2D eigenvalue weighted by Crippen LogP contribution is -2.36. The van der Waals surface area contributed by atoms with E-state index in [0.717, 1.165) is 11.4 Å². The third-order valence-electron chi connectivity index (χ3n) is 2.38. The Morgan fingerprint density at radius 3 is 3.23 bits per heavy atom. The number of aliphatic hydroxyl groups excluding tert-OH is 1. The summed E-state index contributed by atoms with van der Waals surface area (Å²) in [5, 5.41) is 12.4. The number of aromatic nitrogens is 1. The first-order valence-corrected chi connectivity index (χ1v) is 5.31. The van der Waals surface area contributed by atoms with Gasteiger partial charge in [-0.05, 0) is 13.3 Å². The summed E-state index contributed by atoms with van der Waals surface area (Å²) in [4.78, 5) is 4.23. The van der Waals surface area contributed by atoms with Crippen molar-refractivity contribution in [3.8, 4) is 0 Å². The second-order valence-electron chi connectivity index (χ2n) is 3.56. The van der Waals surface area contributed by atoms with Crippen LogP contribution in [0.25, 0.3) is 0 Å². The molecule has 2 atom stereocenters. The monoisotopic (exact) mass is 199 g/mol. The fourth-order valence-corrected chi connectivity index (χ4v) is 2.43. The summed E-state index contributed by atoms with van der Waals surface area (Å²) in [5.41, 5.74) is -0.369. The predicted molar refractivity (Wildman–Crippen MR) is 50.7 cm³/mol. The highest BCUT2D eigenvalue weighted by atomic mass is 32.1. The smallest absolute Gasteiger partial charge is 0.124 e. The summed E-state index contributed by atoms with van der Waals surface area (Å²) < 4.78 is 5.67. The quantitative estimate of drug-likeness (QED) is 0.745. The van der Waals surface area contributed by atoms with Crippen molar-refractivity contribution < 1.29 is 9.84 Å². The lowest BCUT2D eigenvalue weighted by molar-refractivity contribution is -0.112. The van der Waals surface area contributed by atoms with Crippen LogP contribution in [0.1, 0.15) is 24.8 Å². The van der Waals surface area contributed by atoms with Crippen LogP contribution in [0.4, 0.5) is 0 Å². The largest absolute Gasteiger partial charge is 0.393 e. The van der Waals surface area contributed by atoms with Crippen molar-refractivity contribution in [1.82, 2.24) is 4.98 Å². The van der Waals surface area contributed by atoms with E-state index in [1.54, 1.807) is 17.5 Å². The minimum atomic E-state index is -0.369. The third kappa shape index (κ3) is 1.75. The Morgan fingerprint density at radius 1 is 1.77 bits per heavy atom. The molecule has 0 radical (unpaired) electrons. The van der Waals surface area contributed by atoms with Crippen molar-refractivity contribution in [3.63, 3.8) is 0 Å². The van der Waals surface area contributed by atoms with Crippen molar-refractivity contribution in [3.05, 3.63) is 16.6 Å². The maximum atomic E-state index is 9.54. The summed E-state index contributed by atoms with van der Waals surface area (Å²) in [6, 6.07) is 0. The van der Waals surface area contributed by atoms with E-state index < -0.39 is 0 Å². The van der Waals surface area contributed by atoms with Gasteiger partial charge >= 0.3 is 0 Å². The van der Waals surface area contributed by atoms with E-state index in [-0.39, 0.29) is 11.7 Å². The van der Waals surface area contributed by atoms with E-state index in [4.69, 9.17) is 4.74 Å². The molecular formula is C9H13NO2S. The van der Waals surface area contributed by atoms with Crippen LogP contribution in [0, 0.1) is 0 Å². The molecule has 1 fully saturated rings. The first-order chi connectivity index (χ1) is 6.21. The van der Waals surface area contributed by atoms with Gasteiger partial charge in [-0.1, -0.05) is 0 Å². The maximum absolute atomic E-state index is 9.54. The predicted octanol–water partition coefficient (Wildman–Crippen LogP) is 1.53. The van der Waals surface area contributed by atoms with Gasteiger partial charge in [0.2, 0.25) is 0 Å². The Balaban J connectivity index is 2.20. The van der Waals surface area contributed by atoms with Crippen molar-refractivity contribution >= 4 is 11.3 Å². The number of rotatable bonds is 1. The van der Waals surface area contributed by atoms with E-state index in [0.29, 0.717) is 13.0 Å². The van der Waals surface area contributed by atoms with Crippen LogP contribution in [0.2, 0.25) is 0 Å². The Kier molecular flexibility index (Phi) is 2.36. The number of nitrogens with zero attached hydrogens (tertiary/aromatic N) is 1. The highest BCUT2D eigenvalue weighted by Gasteiger charge is 2.36. The molecule has 2 rings (SSSR count). The van der Waals surface area contributed by atoms with Gasteiger partial charge in [-0.3, -0.25) is 0 Å². The van der Waals surface area contributed by atoms with Crippen LogP contribution in [0.3, 0.4) is 0 Å². The SMILES string of the molecule is CC1(c2nccs2)CC(O)CCO1. The molecule has 1 aromatic heterocycles. The molecule has 3 nitrogen and oxygen atoms in total. The Bertz CT molecular complexity index is 275. The van der Waals surface area contributed by atoms with Gasteiger partial charge < -0.3 is 9.84 Å². The molecular weight excluding hydrogens is 186 g/mol. The topological polar surface area (TPSA) is 42.4 Å². The van der Waals surface area contributed by atoms with E-state index in [1.807, 2.05) is 12.3 Å². The molecule has 2 unspecified atom stereocenters. The van der Waals surface area contributed by atoms with Crippen LogP contribution in [-0.2, 0) is 10.3 Å². The molecule has 0 aliphatic carbocycles. The van der Waals surface area contributed by atoms with Crippen molar-refractivity contribution in [1.29, 1.82) is 0 Å². The second kappa shape index (κ2) is 3.36. The van der Waals surface area contributed by atoms with E-state index >= 15 is 0 Å². The molecule has 1 saturated heterocycles. The van der Waals surface area contributed by atoms with Crippen LogP contribution in [0.5, 0.6) is 0 Å². The summed E-state index contributed by atoms with van der Waals surface area (Å²) in [5.74, 6) is 0. The Labute approximate surface area is 81.4 Å². The minimum Gasteiger partial charge on any atom is -0.393 e. The number of thiazole rings is 1. The molecule has 0 saturated carbocycles. The van der Waals surface area contributed by atoms with Gasteiger partial charge in [0, 0.05) is 18.0 Å². The van der Waals surface area contributed by atoms with Gasteiger partial charge in [0.15, 0.2) is 0 Å². The first-order valence-electron chi connectivity index (χ1n) is 4.43. The van der Waals surface area contributed by atoms with Crippen LogP contribution < -0.4 is 0 Å². The number of hydrogen-bond donors (Lipinski definition) is 1. The van der Waals surface area contributed by atoms with Gasteiger partial charge in [0.1, 0.15) is 10.6 Å². The normalized spacial score (nSPS) is 34.8. The Hall–Kier alpha value is -0.450. The highest BCUT2D eigenvalue weighted by molar-refractivity contribution is 7.09. The highest BCUT2D eigenvalue weighted by Crippen LogP contribution is 2.35. The lowest BCUT2D eigenvalue weighted by atomic mass is 9.94. The molecule has 72 valence electrons. The summed E-state index contributed by atoms with van der Waals surface area (Å²) in [7, 11) is 0. The van der Waals surface area contributed by atoms with E-state index in [9.17, 15) is 5.11 Å². The molecule has 2 heterocycles. The Morgan fingerprint density at radius 2 is 2.62 bits per heavy atom. The average Bonchev–Trinajstić information content (AvgIpc) is 2.55.